The van der Waals surface area contributed by atoms with Crippen LogP contribution in [0.3, 0.4) is 0 Å². The number of nitrogens with zero attached hydrogens (tertiary/aromatic N) is 4. The fourth-order valence-corrected chi connectivity index (χ4v) is 6.25. The molecule has 0 saturated carbocycles. The van der Waals surface area contributed by atoms with Gasteiger partial charge in [-0.25, -0.2) is 4.98 Å². The van der Waals surface area contributed by atoms with Gasteiger partial charge in [0.1, 0.15) is 11.9 Å². The minimum atomic E-state index is 0.218. The number of fused-ring (bicyclic) bond motifs is 4. The van der Waals surface area contributed by atoms with Gasteiger partial charge in [0.2, 0.25) is 5.91 Å². The third kappa shape index (κ3) is 3.59. The number of carbonyl (C=O) groups excluding carboxylic acids is 1. The van der Waals surface area contributed by atoms with Gasteiger partial charge in [0.25, 0.3) is 0 Å². The van der Waals surface area contributed by atoms with E-state index >= 15 is 0 Å². The van der Waals surface area contributed by atoms with E-state index in [9.17, 15) is 10.1 Å². The van der Waals surface area contributed by atoms with Crippen molar-refractivity contribution in [1.82, 2.24) is 9.88 Å². The predicted octanol–water partition coefficient (Wildman–Crippen LogP) is 4.02. The zero-order chi connectivity index (χ0) is 21.5. The Morgan fingerprint density at radius 1 is 1.16 bits per heavy atom. The third-order valence-electron chi connectivity index (χ3n) is 7.52. The highest BCUT2D eigenvalue weighted by atomic mass is 16.2. The molecule has 4 heterocycles. The van der Waals surface area contributed by atoms with Crippen molar-refractivity contribution in [1.29, 1.82) is 5.26 Å². The number of carbonyl (C=O) groups is 1. The van der Waals surface area contributed by atoms with Gasteiger partial charge in [-0.2, -0.15) is 5.26 Å². The number of rotatable bonds is 3. The lowest BCUT2D eigenvalue weighted by Crippen LogP contribution is -2.65. The number of pyridine rings is 1. The smallest absolute Gasteiger partial charge is 0.223 e. The minimum absolute atomic E-state index is 0.218. The van der Waals surface area contributed by atoms with E-state index in [4.69, 9.17) is 4.98 Å². The van der Waals surface area contributed by atoms with Crippen LogP contribution in [0.15, 0.2) is 36.4 Å². The number of hydrogen-bond acceptors (Lipinski definition) is 4. The Balaban J connectivity index is 1.51. The molecule has 0 unspecified atom stereocenters. The van der Waals surface area contributed by atoms with Crippen molar-refractivity contribution in [3.8, 4) is 6.07 Å². The number of aryl methyl sites for hydroxylation is 2. The molecular formula is C26H30N4O. The summed E-state index contributed by atoms with van der Waals surface area (Å²) in [5.41, 5.74) is 3.94. The molecule has 1 amide bonds. The van der Waals surface area contributed by atoms with Crippen LogP contribution in [0.1, 0.15) is 48.1 Å². The Bertz CT molecular complexity index is 1030. The van der Waals surface area contributed by atoms with Gasteiger partial charge in [0.15, 0.2) is 0 Å². The summed E-state index contributed by atoms with van der Waals surface area (Å²) < 4.78 is 0. The lowest BCUT2D eigenvalue weighted by Gasteiger charge is -2.57. The van der Waals surface area contributed by atoms with Crippen LogP contribution in [-0.2, 0) is 11.2 Å². The predicted molar refractivity (Wildman–Crippen MR) is 121 cm³/mol. The van der Waals surface area contributed by atoms with Crippen molar-refractivity contribution in [2.75, 3.05) is 18.0 Å². The second-order valence-corrected chi connectivity index (χ2v) is 9.57. The molecule has 0 radical (unpaired) electrons. The average molecular weight is 415 g/mol. The highest BCUT2D eigenvalue weighted by molar-refractivity contribution is 5.78. The van der Waals surface area contributed by atoms with Gasteiger partial charge >= 0.3 is 0 Å². The molecule has 0 spiro atoms. The summed E-state index contributed by atoms with van der Waals surface area (Å²) in [6, 6.07) is 15.5. The van der Waals surface area contributed by atoms with E-state index in [0.717, 1.165) is 55.8 Å². The summed E-state index contributed by atoms with van der Waals surface area (Å²) in [4.78, 5) is 22.5. The van der Waals surface area contributed by atoms with E-state index < -0.39 is 0 Å². The van der Waals surface area contributed by atoms with E-state index in [1.54, 1.807) is 0 Å². The molecule has 3 aliphatic rings. The fourth-order valence-electron chi connectivity index (χ4n) is 6.25. The quantitative estimate of drug-likeness (QED) is 0.761. The third-order valence-corrected chi connectivity index (χ3v) is 7.52. The molecule has 1 aromatic heterocycles. The molecule has 1 aromatic carbocycles. The van der Waals surface area contributed by atoms with Crippen LogP contribution in [0.2, 0.25) is 0 Å². The molecule has 160 valence electrons. The van der Waals surface area contributed by atoms with Gasteiger partial charge in [0.05, 0.1) is 5.56 Å². The molecule has 3 aliphatic heterocycles. The first-order chi connectivity index (χ1) is 15.0. The summed E-state index contributed by atoms with van der Waals surface area (Å²) >= 11 is 0. The molecule has 0 aliphatic carbocycles. The number of benzene rings is 1. The van der Waals surface area contributed by atoms with Gasteiger partial charge in [-0.3, -0.25) is 4.79 Å². The van der Waals surface area contributed by atoms with Crippen LogP contribution in [0.5, 0.6) is 0 Å². The first kappa shape index (κ1) is 20.1. The first-order valence-corrected chi connectivity index (χ1v) is 11.5. The summed E-state index contributed by atoms with van der Waals surface area (Å²) in [5.74, 6) is 2.02. The highest BCUT2D eigenvalue weighted by Crippen LogP contribution is 2.43. The van der Waals surface area contributed by atoms with Gasteiger partial charge in [-0.15, -0.1) is 0 Å². The second-order valence-electron chi connectivity index (χ2n) is 9.57. The van der Waals surface area contributed by atoms with Crippen molar-refractivity contribution in [2.45, 2.75) is 58.0 Å². The maximum atomic E-state index is 13.1. The molecule has 5 heteroatoms. The summed E-state index contributed by atoms with van der Waals surface area (Å²) in [6.45, 7) is 5.74. The summed E-state index contributed by atoms with van der Waals surface area (Å²) in [7, 11) is 0. The molecule has 2 aromatic rings. The molecule has 4 atom stereocenters. The van der Waals surface area contributed by atoms with Crippen LogP contribution in [0.4, 0.5) is 5.82 Å². The van der Waals surface area contributed by atoms with E-state index in [-0.39, 0.29) is 6.04 Å². The fraction of sp³-hybridized carbons (Fsp3) is 0.500. The standard InChI is InChI=1S/C26H30N4O/c1-17-11-18(2)28-26(22(17)14-27)29-15-20-13-21(16-29)24(12-19-7-4-3-5-8-19)30-23(20)9-6-10-25(30)31/h3-5,7-8,11,20-21,23-24H,6,9-10,12-13,15-16H2,1-2H3/t20-,21+,23+,24+/m1/s1. The Morgan fingerprint density at radius 3 is 2.71 bits per heavy atom. The minimum Gasteiger partial charge on any atom is -0.355 e. The lowest BCUT2D eigenvalue weighted by molar-refractivity contribution is -0.148. The van der Waals surface area contributed by atoms with Gasteiger partial charge in [0, 0.05) is 37.3 Å². The van der Waals surface area contributed by atoms with Crippen LogP contribution in [0.25, 0.3) is 0 Å². The van der Waals surface area contributed by atoms with E-state index in [2.05, 4.69) is 40.1 Å². The van der Waals surface area contributed by atoms with Gasteiger partial charge in [-0.1, -0.05) is 30.3 Å². The van der Waals surface area contributed by atoms with Gasteiger partial charge in [-0.05, 0) is 68.6 Å². The monoisotopic (exact) mass is 414 g/mol. The van der Waals surface area contributed by atoms with E-state index in [1.807, 2.05) is 26.0 Å². The number of aromatic nitrogens is 1. The molecular weight excluding hydrogens is 384 g/mol. The largest absolute Gasteiger partial charge is 0.355 e. The van der Waals surface area contributed by atoms with Crippen molar-refractivity contribution in [2.24, 2.45) is 11.8 Å². The summed E-state index contributed by atoms with van der Waals surface area (Å²) in [5, 5.41) is 9.82. The topological polar surface area (TPSA) is 60.2 Å². The van der Waals surface area contributed by atoms with Gasteiger partial charge < -0.3 is 9.80 Å². The maximum Gasteiger partial charge on any atom is 0.223 e. The van der Waals surface area contributed by atoms with Crippen LogP contribution >= 0.6 is 0 Å². The van der Waals surface area contributed by atoms with Crippen molar-refractivity contribution < 1.29 is 4.79 Å². The number of amides is 1. The Morgan fingerprint density at radius 2 is 1.94 bits per heavy atom. The van der Waals surface area contributed by atoms with Crippen LogP contribution in [0, 0.1) is 37.0 Å². The Kier molecular flexibility index (Phi) is 5.17. The van der Waals surface area contributed by atoms with E-state index in [1.165, 1.54) is 5.56 Å². The molecule has 3 saturated heterocycles. The lowest BCUT2D eigenvalue weighted by atomic mass is 9.70. The average Bonchev–Trinajstić information content (AvgIpc) is 2.77. The Labute approximate surface area is 184 Å². The zero-order valence-electron chi connectivity index (χ0n) is 18.4. The Hall–Kier alpha value is -2.87. The maximum absolute atomic E-state index is 13.1. The van der Waals surface area contributed by atoms with E-state index in [0.29, 0.717) is 35.8 Å². The second kappa shape index (κ2) is 8.00. The zero-order valence-corrected chi connectivity index (χ0v) is 18.4. The highest BCUT2D eigenvalue weighted by Gasteiger charge is 2.49. The van der Waals surface area contributed by atoms with Crippen LogP contribution in [-0.4, -0.2) is 41.0 Å². The molecule has 31 heavy (non-hydrogen) atoms. The number of anilines is 1. The number of hydrogen-bond donors (Lipinski definition) is 0. The number of piperidine rings is 3. The molecule has 5 rings (SSSR count). The van der Waals surface area contributed by atoms with Crippen molar-refractivity contribution >= 4 is 11.7 Å². The molecule has 2 bridgehead atoms. The normalized spacial score (nSPS) is 27.6. The molecule has 3 fully saturated rings. The SMILES string of the molecule is Cc1cc(C)c(C#N)c(N2C[C@H]3C[C@@H](C2)[C@H](Cc2ccccc2)N2C(=O)CCC[C@@H]32)n1. The summed E-state index contributed by atoms with van der Waals surface area (Å²) in [6.07, 6.45) is 4.83. The van der Waals surface area contributed by atoms with Crippen LogP contribution < -0.4 is 4.90 Å². The van der Waals surface area contributed by atoms with Crippen molar-refractivity contribution in [3.63, 3.8) is 0 Å². The van der Waals surface area contributed by atoms with Crippen molar-refractivity contribution in [3.05, 3.63) is 58.8 Å². The molecule has 0 N–H and O–H groups in total. The molecule has 5 nitrogen and oxygen atoms in total. The number of nitriles is 1. The first-order valence-electron chi connectivity index (χ1n) is 11.5.